The molecule has 4 aliphatic carbocycles. The van der Waals surface area contributed by atoms with Gasteiger partial charge in [0.25, 0.3) is 0 Å². The molecule has 0 aromatic heterocycles. The van der Waals surface area contributed by atoms with Crippen molar-refractivity contribution in [3.05, 3.63) is 35.9 Å². The molecule has 0 heterocycles. The standard InChI is InChI=1S/C32H46O5/c1-20(10-15-29(34)36-4)25-13-14-26-24-12-11-22-18-23(33)16-17-31(22,2)27(24)19-28(32(25,26)3)37-30(35)21-8-6-5-7-9-21/h5-9,20,22-28,33H,10-19H2,1-4H3. The average molecular weight is 511 g/mol. The second-order valence-electron chi connectivity index (χ2n) is 13.2. The minimum Gasteiger partial charge on any atom is -0.469 e. The lowest BCUT2D eigenvalue weighted by Crippen LogP contribution is -2.59. The third-order valence-electron chi connectivity index (χ3n) is 11.8. The highest BCUT2D eigenvalue weighted by Gasteiger charge is 2.65. The van der Waals surface area contributed by atoms with E-state index in [0.29, 0.717) is 47.5 Å². The molecule has 0 amide bonds. The number of esters is 2. The summed E-state index contributed by atoms with van der Waals surface area (Å²) in [5, 5.41) is 10.4. The molecule has 5 heteroatoms. The first-order valence-corrected chi connectivity index (χ1v) is 14.7. The fourth-order valence-corrected chi connectivity index (χ4v) is 9.73. The van der Waals surface area contributed by atoms with E-state index in [0.717, 1.165) is 38.5 Å². The number of carbonyl (C=O) groups is 2. The summed E-state index contributed by atoms with van der Waals surface area (Å²) in [4.78, 5) is 25.4. The highest BCUT2D eigenvalue weighted by molar-refractivity contribution is 5.89. The molecule has 5 nitrogen and oxygen atoms in total. The molecule has 4 saturated carbocycles. The molecular weight excluding hydrogens is 464 g/mol. The van der Waals surface area contributed by atoms with Crippen molar-refractivity contribution in [3.63, 3.8) is 0 Å². The highest BCUT2D eigenvalue weighted by atomic mass is 16.5. The number of hydrogen-bond acceptors (Lipinski definition) is 5. The van der Waals surface area contributed by atoms with Crippen LogP contribution < -0.4 is 0 Å². The van der Waals surface area contributed by atoms with Gasteiger partial charge in [-0.1, -0.05) is 39.0 Å². The summed E-state index contributed by atoms with van der Waals surface area (Å²) in [5.74, 6) is 2.66. The van der Waals surface area contributed by atoms with Crippen LogP contribution in [0.5, 0.6) is 0 Å². The largest absolute Gasteiger partial charge is 0.469 e. The first-order valence-electron chi connectivity index (χ1n) is 14.7. The van der Waals surface area contributed by atoms with Gasteiger partial charge < -0.3 is 14.6 Å². The first-order chi connectivity index (χ1) is 17.7. The number of carbonyl (C=O) groups excluding carboxylic acids is 2. The minimum absolute atomic E-state index is 0.0987. The van der Waals surface area contributed by atoms with Gasteiger partial charge in [0.1, 0.15) is 6.10 Å². The van der Waals surface area contributed by atoms with Crippen molar-refractivity contribution in [1.29, 1.82) is 0 Å². The normalized spacial score (nSPS) is 41.6. The third-order valence-corrected chi connectivity index (χ3v) is 11.8. The van der Waals surface area contributed by atoms with Gasteiger partial charge in [0.05, 0.1) is 18.8 Å². The van der Waals surface area contributed by atoms with Crippen molar-refractivity contribution in [2.24, 2.45) is 46.3 Å². The topological polar surface area (TPSA) is 72.8 Å². The lowest BCUT2D eigenvalue weighted by atomic mass is 9.43. The molecule has 1 N–H and O–H groups in total. The van der Waals surface area contributed by atoms with Gasteiger partial charge in [0.2, 0.25) is 0 Å². The van der Waals surface area contributed by atoms with Gasteiger partial charge in [-0.25, -0.2) is 4.79 Å². The Labute approximate surface area is 222 Å². The molecule has 1 aromatic carbocycles. The van der Waals surface area contributed by atoms with Crippen LogP contribution >= 0.6 is 0 Å². The van der Waals surface area contributed by atoms with Crippen LogP contribution in [0.4, 0.5) is 0 Å². The Bertz CT molecular complexity index is 977. The van der Waals surface area contributed by atoms with E-state index in [1.165, 1.54) is 26.4 Å². The van der Waals surface area contributed by atoms with Crippen LogP contribution in [0.3, 0.4) is 0 Å². The molecule has 10 unspecified atom stereocenters. The fourth-order valence-electron chi connectivity index (χ4n) is 9.73. The van der Waals surface area contributed by atoms with Crippen LogP contribution in [-0.2, 0) is 14.3 Å². The number of ether oxygens (including phenoxy) is 2. The highest BCUT2D eigenvalue weighted by Crippen LogP contribution is 2.69. The van der Waals surface area contributed by atoms with Crippen LogP contribution in [0.1, 0.15) is 95.3 Å². The van der Waals surface area contributed by atoms with Crippen LogP contribution in [0.2, 0.25) is 0 Å². The molecule has 0 saturated heterocycles. The monoisotopic (exact) mass is 510 g/mol. The molecular formula is C32H46O5. The van der Waals surface area contributed by atoms with E-state index in [1.807, 2.05) is 30.3 Å². The Kier molecular flexibility index (Phi) is 7.48. The van der Waals surface area contributed by atoms with Crippen LogP contribution in [0.15, 0.2) is 30.3 Å². The van der Waals surface area contributed by atoms with E-state index in [2.05, 4.69) is 20.8 Å². The van der Waals surface area contributed by atoms with Gasteiger partial charge in [-0.3, -0.25) is 4.79 Å². The number of rotatable bonds is 6. The zero-order valence-electron chi connectivity index (χ0n) is 23.2. The molecule has 10 atom stereocenters. The van der Waals surface area contributed by atoms with Crippen molar-refractivity contribution in [3.8, 4) is 0 Å². The first kappa shape index (κ1) is 26.7. The number of benzene rings is 1. The lowest BCUT2D eigenvalue weighted by molar-refractivity contribution is -0.176. The van der Waals surface area contributed by atoms with Crippen molar-refractivity contribution in [1.82, 2.24) is 0 Å². The second-order valence-corrected chi connectivity index (χ2v) is 13.2. The second kappa shape index (κ2) is 10.4. The van der Waals surface area contributed by atoms with Crippen LogP contribution in [0.25, 0.3) is 0 Å². The molecule has 5 rings (SSSR count). The van der Waals surface area contributed by atoms with Gasteiger partial charge in [0, 0.05) is 11.8 Å². The molecule has 0 bridgehead atoms. The molecule has 0 radical (unpaired) electrons. The Balaban J connectivity index is 1.46. The summed E-state index contributed by atoms with van der Waals surface area (Å²) in [7, 11) is 1.46. The van der Waals surface area contributed by atoms with Crippen LogP contribution in [-0.4, -0.2) is 36.4 Å². The molecule has 204 valence electrons. The summed E-state index contributed by atoms with van der Waals surface area (Å²) in [6, 6.07) is 9.41. The Morgan fingerprint density at radius 3 is 2.51 bits per heavy atom. The zero-order valence-corrected chi connectivity index (χ0v) is 23.2. The van der Waals surface area contributed by atoms with E-state index >= 15 is 0 Å². The SMILES string of the molecule is COC(=O)CCC(C)C1CCC2C3CCC4CC(O)CCC4(C)C3CC(OC(=O)c3ccccc3)C12C. The summed E-state index contributed by atoms with van der Waals surface area (Å²) in [6.07, 6.45) is 9.48. The van der Waals surface area contributed by atoms with Crippen molar-refractivity contribution in [2.75, 3.05) is 7.11 Å². The summed E-state index contributed by atoms with van der Waals surface area (Å²) >= 11 is 0. The number of methoxy groups -OCH3 is 1. The molecule has 1 aromatic rings. The van der Waals surface area contributed by atoms with E-state index in [-0.39, 0.29) is 35.0 Å². The molecule has 37 heavy (non-hydrogen) atoms. The van der Waals surface area contributed by atoms with E-state index in [1.54, 1.807) is 0 Å². The minimum atomic E-state index is -0.214. The fraction of sp³-hybridized carbons (Fsp3) is 0.750. The van der Waals surface area contributed by atoms with E-state index < -0.39 is 0 Å². The van der Waals surface area contributed by atoms with Gasteiger partial charge >= 0.3 is 11.9 Å². The maximum atomic E-state index is 13.4. The molecule has 4 aliphatic rings. The van der Waals surface area contributed by atoms with Gasteiger partial charge in [-0.15, -0.1) is 0 Å². The number of aliphatic hydroxyl groups is 1. The number of aliphatic hydroxyl groups excluding tert-OH is 1. The number of fused-ring (bicyclic) bond motifs is 5. The predicted molar refractivity (Wildman–Crippen MR) is 143 cm³/mol. The van der Waals surface area contributed by atoms with Crippen LogP contribution in [0, 0.1) is 46.3 Å². The average Bonchev–Trinajstić information content (AvgIpc) is 3.26. The zero-order chi connectivity index (χ0) is 26.4. The molecule has 0 aliphatic heterocycles. The Hall–Kier alpha value is -1.88. The van der Waals surface area contributed by atoms with Crippen molar-refractivity contribution in [2.45, 2.75) is 97.2 Å². The molecule has 0 spiro atoms. The van der Waals surface area contributed by atoms with Gasteiger partial charge in [-0.05, 0) is 111 Å². The smallest absolute Gasteiger partial charge is 0.338 e. The summed E-state index contributed by atoms with van der Waals surface area (Å²) in [5.41, 5.74) is 0.722. The Morgan fingerprint density at radius 1 is 1.03 bits per heavy atom. The van der Waals surface area contributed by atoms with Gasteiger partial charge in [-0.2, -0.15) is 0 Å². The van der Waals surface area contributed by atoms with E-state index in [4.69, 9.17) is 9.47 Å². The van der Waals surface area contributed by atoms with E-state index in [9.17, 15) is 14.7 Å². The third kappa shape index (κ3) is 4.64. The summed E-state index contributed by atoms with van der Waals surface area (Å²) < 4.78 is 11.5. The van der Waals surface area contributed by atoms with Gasteiger partial charge in [0.15, 0.2) is 0 Å². The Morgan fingerprint density at radius 2 is 1.78 bits per heavy atom. The maximum Gasteiger partial charge on any atom is 0.338 e. The maximum absolute atomic E-state index is 13.4. The predicted octanol–water partition coefficient (Wildman–Crippen LogP) is 6.43. The molecule has 4 fully saturated rings. The van der Waals surface area contributed by atoms with Crippen molar-refractivity contribution >= 4 is 11.9 Å². The number of hydrogen-bond donors (Lipinski definition) is 1. The quantitative estimate of drug-likeness (QED) is 0.447. The summed E-state index contributed by atoms with van der Waals surface area (Å²) in [6.45, 7) is 7.16. The van der Waals surface area contributed by atoms with Crippen molar-refractivity contribution < 1.29 is 24.2 Å². The lowest BCUT2D eigenvalue weighted by Gasteiger charge is -2.62.